The topological polar surface area (TPSA) is 86.1 Å². The van der Waals surface area contributed by atoms with E-state index in [0.717, 1.165) is 40.3 Å². The highest BCUT2D eigenvalue weighted by molar-refractivity contribution is 5.77. The Labute approximate surface area is 174 Å². The lowest BCUT2D eigenvalue weighted by Gasteiger charge is -2.14. The van der Waals surface area contributed by atoms with Gasteiger partial charge in [-0.1, -0.05) is 0 Å². The molecule has 0 atom stereocenters. The summed E-state index contributed by atoms with van der Waals surface area (Å²) in [5.41, 5.74) is 3.85. The van der Waals surface area contributed by atoms with Crippen molar-refractivity contribution in [2.24, 2.45) is 7.05 Å². The fourth-order valence-electron chi connectivity index (χ4n) is 3.06. The molecule has 0 amide bonds. The van der Waals surface area contributed by atoms with E-state index in [0.29, 0.717) is 18.2 Å². The molecule has 0 radical (unpaired) electrons. The van der Waals surface area contributed by atoms with Crippen LogP contribution in [-0.4, -0.2) is 39.7 Å². The number of anilines is 2. The summed E-state index contributed by atoms with van der Waals surface area (Å²) in [4.78, 5) is 12.7. The van der Waals surface area contributed by atoms with E-state index in [-0.39, 0.29) is 0 Å². The van der Waals surface area contributed by atoms with E-state index in [9.17, 15) is 0 Å². The van der Waals surface area contributed by atoms with Gasteiger partial charge in [0.1, 0.15) is 24.4 Å². The summed E-state index contributed by atoms with van der Waals surface area (Å²) in [6.45, 7) is 3.28. The molecule has 2 heterocycles. The zero-order chi connectivity index (χ0) is 20.9. The van der Waals surface area contributed by atoms with E-state index >= 15 is 0 Å². The third-order valence-corrected chi connectivity index (χ3v) is 4.65. The molecule has 8 nitrogen and oxygen atoms in total. The van der Waals surface area contributed by atoms with Gasteiger partial charge >= 0.3 is 0 Å². The molecule has 0 aliphatic carbocycles. The number of aryl methyl sites for hydroxylation is 2. The van der Waals surface area contributed by atoms with Crippen LogP contribution in [0.4, 0.5) is 11.5 Å². The number of benzene rings is 2. The Bertz CT molecular complexity index is 1160. The average molecular weight is 404 g/mol. The van der Waals surface area contributed by atoms with Gasteiger partial charge in [0.25, 0.3) is 0 Å². The van der Waals surface area contributed by atoms with Crippen LogP contribution >= 0.6 is 0 Å². The fourth-order valence-corrected chi connectivity index (χ4v) is 3.06. The monoisotopic (exact) mass is 404 g/mol. The van der Waals surface area contributed by atoms with Crippen molar-refractivity contribution in [3.05, 3.63) is 60.8 Å². The van der Waals surface area contributed by atoms with Crippen LogP contribution in [0.5, 0.6) is 17.2 Å². The van der Waals surface area contributed by atoms with Crippen LogP contribution in [-0.2, 0) is 7.05 Å². The fraction of sp³-hybridized carbons (Fsp3) is 0.227. The molecule has 2 aromatic carbocycles. The van der Waals surface area contributed by atoms with Crippen LogP contribution in [0.2, 0.25) is 0 Å². The summed E-state index contributed by atoms with van der Waals surface area (Å²) < 4.78 is 13.8. The van der Waals surface area contributed by atoms with E-state index in [2.05, 4.69) is 25.6 Å². The first-order valence-corrected chi connectivity index (χ1v) is 9.68. The van der Waals surface area contributed by atoms with E-state index in [1.807, 2.05) is 62.0 Å². The van der Waals surface area contributed by atoms with E-state index in [1.54, 1.807) is 12.5 Å². The quantitative estimate of drug-likeness (QED) is 0.432. The molecule has 0 unspecified atom stereocenters. The first kappa shape index (κ1) is 19.7. The molecule has 4 rings (SSSR count). The lowest BCUT2D eigenvalue weighted by molar-refractivity contribution is 0.317. The third kappa shape index (κ3) is 4.33. The molecule has 0 aliphatic rings. The van der Waals surface area contributed by atoms with Crippen LogP contribution in [0.1, 0.15) is 5.56 Å². The average Bonchev–Trinajstić information content (AvgIpc) is 3.12. The number of rotatable bonds is 8. The van der Waals surface area contributed by atoms with Crippen LogP contribution in [0.15, 0.2) is 55.2 Å². The van der Waals surface area contributed by atoms with E-state index < -0.39 is 0 Å². The number of imidazole rings is 1. The number of nitrogens with one attached hydrogen (secondary N) is 2. The number of fused-ring (bicyclic) bond motifs is 1. The van der Waals surface area contributed by atoms with Gasteiger partial charge in [0.05, 0.1) is 23.6 Å². The molecule has 2 aromatic heterocycles. The summed E-state index contributed by atoms with van der Waals surface area (Å²) >= 11 is 0. The van der Waals surface area contributed by atoms with Crippen molar-refractivity contribution >= 4 is 22.5 Å². The van der Waals surface area contributed by atoms with Crippen molar-refractivity contribution < 1.29 is 9.47 Å². The maximum atomic E-state index is 6.09. The molecule has 8 heteroatoms. The van der Waals surface area contributed by atoms with Gasteiger partial charge in [0.15, 0.2) is 11.6 Å². The van der Waals surface area contributed by atoms with Crippen molar-refractivity contribution in [2.75, 3.05) is 25.5 Å². The third-order valence-electron chi connectivity index (χ3n) is 4.65. The van der Waals surface area contributed by atoms with Gasteiger partial charge in [0.2, 0.25) is 0 Å². The Morgan fingerprint density at radius 1 is 1.07 bits per heavy atom. The molecule has 0 fully saturated rings. The smallest absolute Gasteiger partial charge is 0.180 e. The maximum Gasteiger partial charge on any atom is 0.180 e. The molecule has 0 saturated carbocycles. The normalized spacial score (nSPS) is 10.9. The standard InChI is InChI=1S/C22H24N6O2/c1-15-10-16(27-22-21(12-24-13-25-22)29-9-8-23-2)4-7-20(15)30-17-5-6-19-18(11-17)26-14-28(19)3/h4-7,10-14,23H,8-9H2,1-3H3,(H,24,25,27). The number of aromatic nitrogens is 4. The minimum atomic E-state index is 0.533. The molecular formula is C22H24N6O2. The highest BCUT2D eigenvalue weighted by Crippen LogP contribution is 2.31. The highest BCUT2D eigenvalue weighted by Gasteiger charge is 2.09. The summed E-state index contributed by atoms with van der Waals surface area (Å²) in [6, 6.07) is 11.8. The van der Waals surface area contributed by atoms with Gasteiger partial charge in [-0.15, -0.1) is 0 Å². The predicted octanol–water partition coefficient (Wildman–Crippen LogP) is 3.81. The van der Waals surface area contributed by atoms with Crippen molar-refractivity contribution in [1.29, 1.82) is 0 Å². The number of nitrogens with zero attached hydrogens (tertiary/aromatic N) is 4. The Balaban J connectivity index is 1.49. The molecule has 0 aliphatic heterocycles. The van der Waals surface area contributed by atoms with E-state index in [1.165, 1.54) is 6.33 Å². The Morgan fingerprint density at radius 2 is 1.97 bits per heavy atom. The van der Waals surface area contributed by atoms with Gasteiger partial charge in [-0.05, 0) is 49.9 Å². The molecule has 30 heavy (non-hydrogen) atoms. The Morgan fingerprint density at radius 3 is 2.80 bits per heavy atom. The first-order chi connectivity index (χ1) is 14.6. The lowest BCUT2D eigenvalue weighted by atomic mass is 10.2. The summed E-state index contributed by atoms with van der Waals surface area (Å²) in [6.07, 6.45) is 4.94. The van der Waals surface area contributed by atoms with Crippen molar-refractivity contribution in [1.82, 2.24) is 24.8 Å². The van der Waals surface area contributed by atoms with Crippen molar-refractivity contribution in [2.45, 2.75) is 6.92 Å². The van der Waals surface area contributed by atoms with Crippen molar-refractivity contribution in [3.63, 3.8) is 0 Å². The molecule has 2 N–H and O–H groups in total. The number of ether oxygens (including phenoxy) is 2. The van der Waals surface area contributed by atoms with E-state index in [4.69, 9.17) is 9.47 Å². The van der Waals surface area contributed by atoms with Gasteiger partial charge in [-0.25, -0.2) is 15.0 Å². The van der Waals surface area contributed by atoms with Gasteiger partial charge in [-0.3, -0.25) is 0 Å². The SMILES string of the molecule is CNCCOc1cncnc1Nc1ccc(Oc2ccc3c(c2)ncn3C)c(C)c1. The maximum absolute atomic E-state index is 6.09. The minimum absolute atomic E-state index is 0.533. The Kier molecular flexibility index (Phi) is 5.76. The number of likely N-dealkylation sites (N-methyl/N-ethyl adjacent to an activating group) is 1. The first-order valence-electron chi connectivity index (χ1n) is 9.68. The minimum Gasteiger partial charge on any atom is -0.487 e. The second kappa shape index (κ2) is 8.79. The molecule has 0 saturated heterocycles. The Hall–Kier alpha value is -3.65. The molecule has 0 spiro atoms. The zero-order valence-electron chi connectivity index (χ0n) is 17.2. The van der Waals surface area contributed by atoms with Gasteiger partial charge in [-0.2, -0.15) is 0 Å². The lowest BCUT2D eigenvalue weighted by Crippen LogP contribution is -2.16. The van der Waals surface area contributed by atoms with Crippen LogP contribution in [0, 0.1) is 6.92 Å². The van der Waals surface area contributed by atoms with Crippen molar-refractivity contribution in [3.8, 4) is 17.2 Å². The summed E-state index contributed by atoms with van der Waals surface area (Å²) in [7, 11) is 3.85. The number of hydrogen-bond acceptors (Lipinski definition) is 7. The highest BCUT2D eigenvalue weighted by atomic mass is 16.5. The van der Waals surface area contributed by atoms with Crippen LogP contribution in [0.3, 0.4) is 0 Å². The largest absolute Gasteiger partial charge is 0.487 e. The molecular weight excluding hydrogens is 380 g/mol. The van der Waals surface area contributed by atoms with Crippen LogP contribution in [0.25, 0.3) is 11.0 Å². The van der Waals surface area contributed by atoms with Crippen LogP contribution < -0.4 is 20.1 Å². The predicted molar refractivity (Wildman–Crippen MR) is 117 cm³/mol. The zero-order valence-corrected chi connectivity index (χ0v) is 17.2. The molecule has 4 aromatic rings. The summed E-state index contributed by atoms with van der Waals surface area (Å²) in [5, 5.41) is 6.34. The van der Waals surface area contributed by atoms with Gasteiger partial charge in [0, 0.05) is 25.3 Å². The number of hydrogen-bond donors (Lipinski definition) is 2. The second-order valence-corrected chi connectivity index (χ2v) is 6.90. The van der Waals surface area contributed by atoms with Gasteiger partial charge < -0.3 is 24.7 Å². The summed E-state index contributed by atoms with van der Waals surface area (Å²) in [5.74, 6) is 2.76. The second-order valence-electron chi connectivity index (χ2n) is 6.90. The molecule has 0 bridgehead atoms. The molecule has 154 valence electrons.